The van der Waals surface area contributed by atoms with Crippen molar-refractivity contribution in [2.75, 3.05) is 19.0 Å². The highest BCUT2D eigenvalue weighted by molar-refractivity contribution is 7.14. The van der Waals surface area contributed by atoms with Gasteiger partial charge in [0.05, 0.1) is 25.0 Å². The Morgan fingerprint density at radius 3 is 2.73 bits per heavy atom. The van der Waals surface area contributed by atoms with Gasteiger partial charge in [0.15, 0.2) is 16.6 Å². The summed E-state index contributed by atoms with van der Waals surface area (Å²) >= 11 is 1.30. The van der Waals surface area contributed by atoms with Gasteiger partial charge in [0, 0.05) is 10.9 Å². The molecule has 1 heterocycles. The molecule has 2 N–H and O–H groups in total. The van der Waals surface area contributed by atoms with Crippen LogP contribution >= 0.6 is 11.3 Å². The smallest absolute Gasteiger partial charge is 0.261 e. The van der Waals surface area contributed by atoms with Crippen molar-refractivity contribution >= 4 is 22.4 Å². The van der Waals surface area contributed by atoms with Gasteiger partial charge in [-0.3, -0.25) is 10.1 Å². The number of para-hydroxylation sites is 2. The first-order chi connectivity index (χ1) is 12.6. The first-order valence-corrected chi connectivity index (χ1v) is 8.87. The highest BCUT2D eigenvalue weighted by Gasteiger charge is 2.17. The number of anilines is 1. The van der Waals surface area contributed by atoms with Gasteiger partial charge in [0.2, 0.25) is 0 Å². The van der Waals surface area contributed by atoms with E-state index in [1.165, 1.54) is 24.5 Å². The van der Waals surface area contributed by atoms with Gasteiger partial charge in [-0.2, -0.15) is 0 Å². The highest BCUT2D eigenvalue weighted by Crippen LogP contribution is 2.33. The van der Waals surface area contributed by atoms with Crippen molar-refractivity contribution in [3.05, 3.63) is 53.4 Å². The molecule has 2 aromatic carbocycles. The molecule has 1 amide bonds. The molecule has 0 bridgehead atoms. The second kappa shape index (κ2) is 7.88. The van der Waals surface area contributed by atoms with E-state index >= 15 is 0 Å². The third kappa shape index (κ3) is 3.62. The molecule has 6 nitrogen and oxygen atoms in total. The lowest BCUT2D eigenvalue weighted by Gasteiger charge is -2.08. The van der Waals surface area contributed by atoms with E-state index in [2.05, 4.69) is 10.3 Å². The van der Waals surface area contributed by atoms with Crippen LogP contribution in [-0.2, 0) is 0 Å². The van der Waals surface area contributed by atoms with E-state index in [1.54, 1.807) is 12.1 Å². The van der Waals surface area contributed by atoms with E-state index in [9.17, 15) is 9.90 Å². The Labute approximate surface area is 155 Å². The lowest BCUT2D eigenvalue weighted by molar-refractivity contribution is 0.102. The van der Waals surface area contributed by atoms with Crippen molar-refractivity contribution in [2.45, 2.75) is 6.92 Å². The zero-order chi connectivity index (χ0) is 18.5. The number of hydrogen-bond acceptors (Lipinski definition) is 6. The largest absolute Gasteiger partial charge is 0.504 e. The van der Waals surface area contributed by atoms with Gasteiger partial charge in [0.1, 0.15) is 5.75 Å². The van der Waals surface area contributed by atoms with Crippen LogP contribution in [-0.4, -0.2) is 29.7 Å². The summed E-state index contributed by atoms with van der Waals surface area (Å²) in [5.41, 5.74) is 1.69. The predicted molar refractivity (Wildman–Crippen MR) is 101 cm³/mol. The normalized spacial score (nSPS) is 10.4. The standard InChI is InChI=1S/C19H18N2O4S/c1-3-25-15-9-5-4-7-12(15)14-11-26-19(20-14)21-18(23)13-8-6-10-16(24-2)17(13)22/h4-11,22H,3H2,1-2H3,(H,20,21,23). The molecular formula is C19H18N2O4S. The van der Waals surface area contributed by atoms with Gasteiger partial charge in [-0.1, -0.05) is 18.2 Å². The van der Waals surface area contributed by atoms with Crippen molar-refractivity contribution < 1.29 is 19.4 Å². The number of amides is 1. The highest BCUT2D eigenvalue weighted by atomic mass is 32.1. The Balaban J connectivity index is 1.82. The number of ether oxygens (including phenoxy) is 2. The summed E-state index contributed by atoms with van der Waals surface area (Å²) in [5.74, 6) is 0.318. The van der Waals surface area contributed by atoms with Crippen molar-refractivity contribution in [1.29, 1.82) is 0 Å². The Morgan fingerprint density at radius 1 is 1.19 bits per heavy atom. The van der Waals surface area contributed by atoms with E-state index in [0.717, 1.165) is 11.3 Å². The molecule has 3 rings (SSSR count). The summed E-state index contributed by atoms with van der Waals surface area (Å²) < 4.78 is 10.6. The summed E-state index contributed by atoms with van der Waals surface area (Å²) in [6, 6.07) is 12.3. The average molecular weight is 370 g/mol. The second-order valence-corrected chi connectivity index (χ2v) is 6.14. The molecule has 0 aliphatic heterocycles. The van der Waals surface area contributed by atoms with Gasteiger partial charge in [-0.25, -0.2) is 4.98 Å². The van der Waals surface area contributed by atoms with E-state index in [0.29, 0.717) is 17.4 Å². The molecule has 0 unspecified atom stereocenters. The molecule has 0 saturated carbocycles. The molecular weight excluding hydrogens is 352 g/mol. The minimum atomic E-state index is -0.458. The fraction of sp³-hybridized carbons (Fsp3) is 0.158. The van der Waals surface area contributed by atoms with Gasteiger partial charge < -0.3 is 14.6 Å². The zero-order valence-corrected chi connectivity index (χ0v) is 15.2. The number of rotatable bonds is 6. The lowest BCUT2D eigenvalue weighted by Crippen LogP contribution is -2.12. The molecule has 7 heteroatoms. The van der Waals surface area contributed by atoms with Crippen LogP contribution in [0.2, 0.25) is 0 Å². The fourth-order valence-electron chi connectivity index (χ4n) is 2.45. The van der Waals surface area contributed by atoms with Gasteiger partial charge >= 0.3 is 0 Å². The summed E-state index contributed by atoms with van der Waals surface area (Å²) in [7, 11) is 1.43. The van der Waals surface area contributed by atoms with E-state index < -0.39 is 5.91 Å². The number of phenolic OH excluding ortho intramolecular Hbond substituents is 1. The van der Waals surface area contributed by atoms with Crippen molar-refractivity contribution in [1.82, 2.24) is 4.98 Å². The Bertz CT molecular complexity index is 923. The Hall–Kier alpha value is -3.06. The van der Waals surface area contributed by atoms with Crippen LogP contribution in [0.25, 0.3) is 11.3 Å². The molecule has 0 aliphatic carbocycles. The number of aromatic hydroxyl groups is 1. The quantitative estimate of drug-likeness (QED) is 0.680. The first kappa shape index (κ1) is 17.8. The van der Waals surface area contributed by atoms with Crippen molar-refractivity contribution in [3.8, 4) is 28.5 Å². The van der Waals surface area contributed by atoms with Crippen LogP contribution in [0, 0.1) is 0 Å². The van der Waals surface area contributed by atoms with Crippen LogP contribution in [0.1, 0.15) is 17.3 Å². The molecule has 134 valence electrons. The maximum absolute atomic E-state index is 12.4. The lowest BCUT2D eigenvalue weighted by atomic mass is 10.1. The molecule has 1 aromatic heterocycles. The number of thiazole rings is 1. The third-order valence-electron chi connectivity index (χ3n) is 3.65. The average Bonchev–Trinajstić information content (AvgIpc) is 3.11. The van der Waals surface area contributed by atoms with Crippen LogP contribution < -0.4 is 14.8 Å². The van der Waals surface area contributed by atoms with E-state index in [-0.39, 0.29) is 17.1 Å². The second-order valence-electron chi connectivity index (χ2n) is 5.28. The SMILES string of the molecule is CCOc1ccccc1-c1csc(NC(=O)c2cccc(OC)c2O)n1. The van der Waals surface area contributed by atoms with Gasteiger partial charge in [0.25, 0.3) is 5.91 Å². The number of carbonyl (C=O) groups is 1. The number of nitrogens with one attached hydrogen (secondary N) is 1. The monoisotopic (exact) mass is 370 g/mol. The van der Waals surface area contributed by atoms with Crippen molar-refractivity contribution in [2.24, 2.45) is 0 Å². The topological polar surface area (TPSA) is 80.7 Å². The molecule has 3 aromatic rings. The maximum Gasteiger partial charge on any atom is 0.261 e. The number of aromatic nitrogens is 1. The van der Waals surface area contributed by atoms with Crippen molar-refractivity contribution in [3.63, 3.8) is 0 Å². The Kier molecular flexibility index (Phi) is 5.38. The molecule has 0 aliphatic rings. The summed E-state index contributed by atoms with van der Waals surface area (Å²) in [6.45, 7) is 2.48. The summed E-state index contributed by atoms with van der Waals surface area (Å²) in [6.07, 6.45) is 0. The molecule has 26 heavy (non-hydrogen) atoms. The van der Waals surface area contributed by atoms with E-state index in [1.807, 2.05) is 36.6 Å². The number of nitrogens with zero attached hydrogens (tertiary/aromatic N) is 1. The maximum atomic E-state index is 12.4. The summed E-state index contributed by atoms with van der Waals surface area (Å²) in [4.78, 5) is 16.9. The summed E-state index contributed by atoms with van der Waals surface area (Å²) in [5, 5.41) is 15.1. The minimum absolute atomic E-state index is 0.121. The van der Waals surface area contributed by atoms with Crippen LogP contribution in [0.3, 0.4) is 0 Å². The van der Waals surface area contributed by atoms with Crippen LogP contribution in [0.15, 0.2) is 47.8 Å². The molecule has 0 saturated heterocycles. The molecule has 0 atom stereocenters. The van der Waals surface area contributed by atoms with E-state index in [4.69, 9.17) is 9.47 Å². The number of hydrogen-bond donors (Lipinski definition) is 2. The number of phenols is 1. The minimum Gasteiger partial charge on any atom is -0.504 e. The predicted octanol–water partition coefficient (Wildman–Crippen LogP) is 4.18. The number of benzene rings is 2. The Morgan fingerprint density at radius 2 is 1.96 bits per heavy atom. The fourth-order valence-corrected chi connectivity index (χ4v) is 3.15. The van der Waals surface area contributed by atoms with Crippen LogP contribution in [0.5, 0.6) is 17.2 Å². The number of carbonyl (C=O) groups excluding carboxylic acids is 1. The molecule has 0 fully saturated rings. The van der Waals surface area contributed by atoms with Gasteiger partial charge in [-0.05, 0) is 31.2 Å². The molecule has 0 spiro atoms. The third-order valence-corrected chi connectivity index (χ3v) is 4.41. The number of methoxy groups -OCH3 is 1. The first-order valence-electron chi connectivity index (χ1n) is 7.99. The van der Waals surface area contributed by atoms with Crippen LogP contribution in [0.4, 0.5) is 5.13 Å². The van der Waals surface area contributed by atoms with Gasteiger partial charge in [-0.15, -0.1) is 11.3 Å². The zero-order valence-electron chi connectivity index (χ0n) is 14.4. The molecule has 0 radical (unpaired) electrons.